The summed E-state index contributed by atoms with van der Waals surface area (Å²) in [6, 6.07) is 4.63. The number of furan rings is 1. The van der Waals surface area contributed by atoms with Gasteiger partial charge in [0.15, 0.2) is 0 Å². The minimum absolute atomic E-state index is 0.0866. The lowest BCUT2D eigenvalue weighted by Gasteiger charge is -2.16. The van der Waals surface area contributed by atoms with Crippen molar-refractivity contribution in [2.75, 3.05) is 7.05 Å². The van der Waals surface area contributed by atoms with Crippen molar-refractivity contribution in [2.24, 2.45) is 5.73 Å². The van der Waals surface area contributed by atoms with Crippen LogP contribution in [0.4, 0.5) is 0 Å². The highest BCUT2D eigenvalue weighted by atomic mass is 32.2. The van der Waals surface area contributed by atoms with E-state index in [-0.39, 0.29) is 16.4 Å². The maximum absolute atomic E-state index is 12.3. The van der Waals surface area contributed by atoms with Crippen molar-refractivity contribution in [2.45, 2.75) is 11.4 Å². The number of thiocarbonyl (C=S) groups is 1. The molecule has 0 saturated carbocycles. The first-order valence-corrected chi connectivity index (χ1v) is 7.49. The van der Waals surface area contributed by atoms with Crippen molar-refractivity contribution < 1.29 is 12.8 Å². The van der Waals surface area contributed by atoms with Gasteiger partial charge in [-0.1, -0.05) is 12.2 Å². The smallest absolute Gasteiger partial charge is 0.244 e. The molecule has 0 aliphatic carbocycles. The average Bonchev–Trinajstić information content (AvgIpc) is 2.91. The predicted molar refractivity (Wildman–Crippen MR) is 77.5 cm³/mol. The minimum atomic E-state index is -3.61. The Labute approximate surface area is 122 Å². The molecule has 0 bridgehead atoms. The molecular formula is C12H13N3O3S2. The summed E-state index contributed by atoms with van der Waals surface area (Å²) in [7, 11) is -2.12. The quantitative estimate of drug-likeness (QED) is 0.833. The van der Waals surface area contributed by atoms with Gasteiger partial charge < -0.3 is 10.2 Å². The van der Waals surface area contributed by atoms with Gasteiger partial charge in [0.2, 0.25) is 10.0 Å². The van der Waals surface area contributed by atoms with E-state index in [1.807, 2.05) is 0 Å². The summed E-state index contributed by atoms with van der Waals surface area (Å²) in [5.74, 6) is 0. The van der Waals surface area contributed by atoms with E-state index in [0.717, 1.165) is 5.56 Å². The Bertz CT molecular complexity index is 694. The van der Waals surface area contributed by atoms with Crippen LogP contribution < -0.4 is 5.73 Å². The van der Waals surface area contributed by atoms with E-state index in [2.05, 4.69) is 4.98 Å². The van der Waals surface area contributed by atoms with E-state index in [0.29, 0.717) is 5.69 Å². The van der Waals surface area contributed by atoms with Gasteiger partial charge in [0, 0.05) is 25.4 Å². The molecule has 0 saturated heterocycles. The van der Waals surface area contributed by atoms with Crippen LogP contribution in [0.3, 0.4) is 0 Å². The third-order valence-corrected chi connectivity index (χ3v) is 4.68. The number of rotatable bonds is 5. The van der Waals surface area contributed by atoms with Crippen molar-refractivity contribution >= 4 is 27.2 Å². The Morgan fingerprint density at radius 2 is 2.20 bits per heavy atom. The number of aromatic nitrogens is 1. The standard InChI is InChI=1S/C12H13N3O3S2/c1-15(7-9-4-5-18-8-9)20(16,17)10-2-3-11(12(13)19)14-6-10/h2-6,8H,7H2,1H3,(H2,13,19). The average molecular weight is 311 g/mol. The Kier molecular flexibility index (Phi) is 4.17. The minimum Gasteiger partial charge on any atom is -0.472 e. The molecule has 0 atom stereocenters. The van der Waals surface area contributed by atoms with Gasteiger partial charge in [-0.15, -0.1) is 0 Å². The number of sulfonamides is 1. The van der Waals surface area contributed by atoms with E-state index < -0.39 is 10.0 Å². The molecule has 2 N–H and O–H groups in total. The monoisotopic (exact) mass is 311 g/mol. The first-order valence-electron chi connectivity index (χ1n) is 5.64. The number of nitrogens with zero attached hydrogens (tertiary/aromatic N) is 2. The molecule has 6 nitrogen and oxygen atoms in total. The predicted octanol–water partition coefficient (Wildman–Crippen LogP) is 1.13. The van der Waals surface area contributed by atoms with Crippen molar-refractivity contribution in [1.29, 1.82) is 0 Å². The second-order valence-electron chi connectivity index (χ2n) is 4.14. The van der Waals surface area contributed by atoms with E-state index >= 15 is 0 Å². The summed E-state index contributed by atoms with van der Waals surface area (Å²) < 4.78 is 30.8. The Morgan fingerprint density at radius 3 is 2.70 bits per heavy atom. The Hall–Kier alpha value is -1.77. The second kappa shape index (κ2) is 5.70. The van der Waals surface area contributed by atoms with Crippen LogP contribution in [-0.2, 0) is 16.6 Å². The number of hydrogen-bond donors (Lipinski definition) is 1. The van der Waals surface area contributed by atoms with Gasteiger partial charge in [0.1, 0.15) is 9.88 Å². The third-order valence-electron chi connectivity index (χ3n) is 2.68. The molecule has 106 valence electrons. The van der Waals surface area contributed by atoms with Gasteiger partial charge in [-0.25, -0.2) is 8.42 Å². The zero-order valence-corrected chi connectivity index (χ0v) is 12.3. The zero-order chi connectivity index (χ0) is 14.8. The Morgan fingerprint density at radius 1 is 1.45 bits per heavy atom. The molecule has 0 amide bonds. The molecule has 0 aliphatic heterocycles. The highest BCUT2D eigenvalue weighted by Gasteiger charge is 2.21. The molecular weight excluding hydrogens is 298 g/mol. The fourth-order valence-electron chi connectivity index (χ4n) is 1.58. The van der Waals surface area contributed by atoms with Crippen molar-refractivity contribution in [1.82, 2.24) is 9.29 Å². The lowest BCUT2D eigenvalue weighted by Crippen LogP contribution is -2.26. The van der Waals surface area contributed by atoms with E-state index in [4.69, 9.17) is 22.4 Å². The summed E-state index contributed by atoms with van der Waals surface area (Å²) in [6.45, 7) is 0.218. The topological polar surface area (TPSA) is 89.4 Å². The van der Waals surface area contributed by atoms with E-state index in [1.165, 1.54) is 42.2 Å². The van der Waals surface area contributed by atoms with Crippen LogP contribution in [0.2, 0.25) is 0 Å². The molecule has 2 rings (SSSR count). The molecule has 2 aromatic rings. The second-order valence-corrected chi connectivity index (χ2v) is 6.62. The highest BCUT2D eigenvalue weighted by Crippen LogP contribution is 2.16. The van der Waals surface area contributed by atoms with Gasteiger partial charge in [-0.2, -0.15) is 4.31 Å². The molecule has 0 fully saturated rings. The van der Waals surface area contributed by atoms with Gasteiger partial charge in [0.25, 0.3) is 0 Å². The van der Waals surface area contributed by atoms with Crippen molar-refractivity contribution in [3.05, 3.63) is 48.2 Å². The lowest BCUT2D eigenvalue weighted by molar-refractivity contribution is 0.463. The molecule has 0 aromatic carbocycles. The van der Waals surface area contributed by atoms with Crippen LogP contribution in [-0.4, -0.2) is 29.7 Å². The van der Waals surface area contributed by atoms with Crippen molar-refractivity contribution in [3.63, 3.8) is 0 Å². The van der Waals surface area contributed by atoms with Gasteiger partial charge >= 0.3 is 0 Å². The van der Waals surface area contributed by atoms with Crippen LogP contribution in [0.5, 0.6) is 0 Å². The fraction of sp³-hybridized carbons (Fsp3) is 0.167. The summed E-state index contributed by atoms with van der Waals surface area (Å²) in [5.41, 5.74) is 6.57. The van der Waals surface area contributed by atoms with Gasteiger partial charge in [-0.3, -0.25) is 4.98 Å². The maximum Gasteiger partial charge on any atom is 0.244 e. The molecule has 2 heterocycles. The van der Waals surface area contributed by atoms with Crippen LogP contribution in [0.1, 0.15) is 11.3 Å². The molecule has 0 radical (unpaired) electrons. The summed E-state index contributed by atoms with van der Waals surface area (Å²) in [6.07, 6.45) is 4.24. The summed E-state index contributed by atoms with van der Waals surface area (Å²) in [5, 5.41) is 0. The van der Waals surface area contributed by atoms with E-state index in [9.17, 15) is 8.42 Å². The largest absolute Gasteiger partial charge is 0.472 e. The molecule has 0 unspecified atom stereocenters. The number of hydrogen-bond acceptors (Lipinski definition) is 5. The SMILES string of the molecule is CN(Cc1ccoc1)S(=O)(=O)c1ccc(C(N)=S)nc1. The molecule has 0 aliphatic rings. The van der Waals surface area contributed by atoms with E-state index in [1.54, 1.807) is 6.07 Å². The molecule has 8 heteroatoms. The fourth-order valence-corrected chi connectivity index (χ4v) is 2.81. The Balaban J connectivity index is 2.23. The first kappa shape index (κ1) is 14.6. The number of pyridine rings is 1. The van der Waals surface area contributed by atoms with Crippen LogP contribution >= 0.6 is 12.2 Å². The normalized spacial score (nSPS) is 11.7. The number of nitrogens with two attached hydrogens (primary N) is 1. The summed E-state index contributed by atoms with van der Waals surface area (Å²) in [4.78, 5) is 4.15. The molecule has 2 aromatic heterocycles. The first-order chi connectivity index (χ1) is 9.41. The lowest BCUT2D eigenvalue weighted by atomic mass is 10.3. The van der Waals surface area contributed by atoms with Gasteiger partial charge in [-0.05, 0) is 18.2 Å². The van der Waals surface area contributed by atoms with Crippen LogP contribution in [0.15, 0.2) is 46.2 Å². The van der Waals surface area contributed by atoms with Crippen LogP contribution in [0, 0.1) is 0 Å². The summed E-state index contributed by atoms with van der Waals surface area (Å²) >= 11 is 4.77. The molecule has 20 heavy (non-hydrogen) atoms. The molecule has 0 spiro atoms. The maximum atomic E-state index is 12.3. The zero-order valence-electron chi connectivity index (χ0n) is 10.7. The van der Waals surface area contributed by atoms with Crippen molar-refractivity contribution in [3.8, 4) is 0 Å². The van der Waals surface area contributed by atoms with Crippen LogP contribution in [0.25, 0.3) is 0 Å². The highest BCUT2D eigenvalue weighted by molar-refractivity contribution is 7.89. The third kappa shape index (κ3) is 3.03. The van der Waals surface area contributed by atoms with Gasteiger partial charge in [0.05, 0.1) is 18.2 Å².